The van der Waals surface area contributed by atoms with Crippen molar-refractivity contribution in [3.8, 4) is 11.5 Å². The molecule has 2 aliphatic rings. The number of benzene rings is 2. The Morgan fingerprint density at radius 1 is 1.03 bits per heavy atom. The number of fused-ring (bicyclic) bond motifs is 2. The van der Waals surface area contributed by atoms with Crippen molar-refractivity contribution in [2.24, 2.45) is 0 Å². The van der Waals surface area contributed by atoms with Crippen molar-refractivity contribution < 1.29 is 32.3 Å². The van der Waals surface area contributed by atoms with Crippen LogP contribution in [-0.4, -0.2) is 36.5 Å². The fraction of sp³-hybridized carbons (Fsp3) is 0.350. The number of hydrogen-bond donors (Lipinski definition) is 2. The molecule has 0 radical (unpaired) electrons. The van der Waals surface area contributed by atoms with Crippen LogP contribution in [0, 0.1) is 5.82 Å². The molecule has 29 heavy (non-hydrogen) atoms. The number of sulfone groups is 1. The van der Waals surface area contributed by atoms with Crippen LogP contribution in [0.15, 0.2) is 53.4 Å². The number of hydrogen-bond acceptors (Lipinski definition) is 6. The Morgan fingerprint density at radius 2 is 1.55 bits per heavy atom. The van der Waals surface area contributed by atoms with Crippen molar-refractivity contribution in [2.75, 3.05) is 0 Å². The Morgan fingerprint density at radius 3 is 2.07 bits per heavy atom. The first kappa shape index (κ1) is 19.8. The highest BCUT2D eigenvalue weighted by Gasteiger charge is 2.58. The van der Waals surface area contributed by atoms with Crippen LogP contribution < -0.4 is 10.2 Å². The standard InChI is InChI=1S/C20H20FNO6S/c21-13-1-3-14(4-2-13)27-15-7-9-18(10-8-15)29(25,26)20(19(23)22-24)11-16-5-6-17(12-20)28-16/h1-4,7-10,16-17,24H,5-6,11-12H2,(H,22,23)/t16-,17+,20+. The molecular weight excluding hydrogens is 401 g/mol. The maximum Gasteiger partial charge on any atom is 0.265 e. The smallest absolute Gasteiger partial charge is 0.265 e. The third-order valence-corrected chi connectivity index (χ3v) is 7.96. The second-order valence-corrected chi connectivity index (χ2v) is 9.59. The summed E-state index contributed by atoms with van der Waals surface area (Å²) < 4.78 is 49.3. The molecule has 0 spiro atoms. The molecule has 2 aromatic carbocycles. The lowest BCUT2D eigenvalue weighted by Crippen LogP contribution is -2.56. The number of halogens is 1. The zero-order chi connectivity index (χ0) is 20.6. The van der Waals surface area contributed by atoms with Gasteiger partial charge >= 0.3 is 0 Å². The van der Waals surface area contributed by atoms with Crippen LogP contribution in [0.5, 0.6) is 11.5 Å². The number of rotatable bonds is 5. The van der Waals surface area contributed by atoms with E-state index in [1.54, 1.807) is 0 Å². The third kappa shape index (κ3) is 3.50. The number of hydroxylamine groups is 1. The van der Waals surface area contributed by atoms with E-state index in [1.165, 1.54) is 54.0 Å². The Kier molecular flexibility index (Phi) is 5.05. The molecule has 3 atom stereocenters. The Hall–Kier alpha value is -2.49. The van der Waals surface area contributed by atoms with Gasteiger partial charge in [-0.25, -0.2) is 18.3 Å². The van der Waals surface area contributed by atoms with Gasteiger partial charge in [-0.2, -0.15) is 0 Å². The lowest BCUT2D eigenvalue weighted by Gasteiger charge is -2.38. The van der Waals surface area contributed by atoms with Crippen molar-refractivity contribution in [1.29, 1.82) is 0 Å². The third-order valence-electron chi connectivity index (χ3n) is 5.52. The Bertz CT molecular complexity index is 994. The molecule has 154 valence electrons. The molecule has 0 aromatic heterocycles. The molecule has 2 aliphatic heterocycles. The molecule has 1 amide bonds. The van der Waals surface area contributed by atoms with Gasteiger partial charge in [0.25, 0.3) is 5.91 Å². The topological polar surface area (TPSA) is 102 Å². The van der Waals surface area contributed by atoms with Gasteiger partial charge in [0, 0.05) is 12.8 Å². The highest BCUT2D eigenvalue weighted by molar-refractivity contribution is 7.93. The summed E-state index contributed by atoms with van der Waals surface area (Å²) >= 11 is 0. The molecule has 0 unspecified atom stereocenters. The Labute approximate surface area is 167 Å². The maximum atomic E-state index is 13.4. The fourth-order valence-electron chi connectivity index (χ4n) is 4.08. The molecule has 0 saturated carbocycles. The fourth-order valence-corrected chi connectivity index (χ4v) is 6.13. The van der Waals surface area contributed by atoms with Crippen LogP contribution in [0.2, 0.25) is 0 Å². The van der Waals surface area contributed by atoms with Gasteiger partial charge in [-0.05, 0) is 61.4 Å². The number of ether oxygens (including phenoxy) is 2. The summed E-state index contributed by atoms with van der Waals surface area (Å²) in [5, 5.41) is 9.23. The van der Waals surface area contributed by atoms with Crippen LogP contribution in [0.1, 0.15) is 25.7 Å². The summed E-state index contributed by atoms with van der Waals surface area (Å²) in [6.07, 6.45) is 0.692. The highest BCUT2D eigenvalue weighted by atomic mass is 32.2. The first-order valence-corrected chi connectivity index (χ1v) is 10.7. The molecule has 4 rings (SSSR count). The molecule has 7 nitrogen and oxygen atoms in total. The van der Waals surface area contributed by atoms with Gasteiger partial charge in [0.2, 0.25) is 0 Å². The average molecular weight is 421 g/mol. The van der Waals surface area contributed by atoms with Gasteiger partial charge in [0.05, 0.1) is 17.1 Å². The van der Waals surface area contributed by atoms with E-state index in [4.69, 9.17) is 9.47 Å². The normalized spacial score (nSPS) is 26.1. The van der Waals surface area contributed by atoms with Gasteiger partial charge in [-0.3, -0.25) is 10.0 Å². The van der Waals surface area contributed by atoms with E-state index in [0.29, 0.717) is 24.3 Å². The van der Waals surface area contributed by atoms with Gasteiger partial charge in [-0.15, -0.1) is 0 Å². The predicted molar refractivity (Wildman–Crippen MR) is 99.9 cm³/mol. The average Bonchev–Trinajstić information content (AvgIpc) is 3.07. The molecule has 0 aliphatic carbocycles. The summed E-state index contributed by atoms with van der Waals surface area (Å²) in [6, 6.07) is 11.1. The first-order chi connectivity index (χ1) is 13.8. The van der Waals surface area contributed by atoms with E-state index in [1.807, 2.05) is 0 Å². The lowest BCUT2D eigenvalue weighted by atomic mass is 9.93. The van der Waals surface area contributed by atoms with E-state index in [9.17, 15) is 22.8 Å². The van der Waals surface area contributed by atoms with Crippen molar-refractivity contribution in [1.82, 2.24) is 5.48 Å². The number of nitrogens with one attached hydrogen (secondary N) is 1. The van der Waals surface area contributed by atoms with Gasteiger partial charge in [0.1, 0.15) is 17.3 Å². The van der Waals surface area contributed by atoms with Gasteiger partial charge in [0.15, 0.2) is 14.6 Å². The molecule has 2 bridgehead atoms. The number of amides is 1. The van der Waals surface area contributed by atoms with Crippen molar-refractivity contribution in [3.63, 3.8) is 0 Å². The second-order valence-electron chi connectivity index (χ2n) is 7.33. The summed E-state index contributed by atoms with van der Waals surface area (Å²) in [5.74, 6) is -0.566. The Balaban J connectivity index is 1.63. The van der Waals surface area contributed by atoms with Crippen LogP contribution in [0.25, 0.3) is 0 Å². The maximum absolute atomic E-state index is 13.4. The largest absolute Gasteiger partial charge is 0.457 e. The summed E-state index contributed by atoms with van der Waals surface area (Å²) in [7, 11) is -4.11. The summed E-state index contributed by atoms with van der Waals surface area (Å²) in [4.78, 5) is 12.5. The highest BCUT2D eigenvalue weighted by Crippen LogP contribution is 2.45. The lowest BCUT2D eigenvalue weighted by molar-refractivity contribution is -0.136. The zero-order valence-corrected chi connectivity index (χ0v) is 16.2. The van der Waals surface area contributed by atoms with Gasteiger partial charge in [-0.1, -0.05) is 0 Å². The molecule has 2 fully saturated rings. The van der Waals surface area contributed by atoms with Crippen LogP contribution in [0.4, 0.5) is 4.39 Å². The van der Waals surface area contributed by atoms with Crippen LogP contribution in [0.3, 0.4) is 0 Å². The van der Waals surface area contributed by atoms with Crippen molar-refractivity contribution >= 4 is 15.7 Å². The molecule has 2 heterocycles. The first-order valence-electron chi connectivity index (χ1n) is 9.22. The van der Waals surface area contributed by atoms with Crippen molar-refractivity contribution in [2.45, 2.75) is 47.5 Å². The predicted octanol–water partition coefficient (Wildman–Crippen LogP) is 2.98. The number of carbonyl (C=O) groups excluding carboxylic acids is 1. The van der Waals surface area contributed by atoms with E-state index < -0.39 is 26.3 Å². The van der Waals surface area contributed by atoms with Crippen molar-refractivity contribution in [3.05, 3.63) is 54.3 Å². The zero-order valence-electron chi connectivity index (χ0n) is 15.4. The molecular formula is C20H20FNO6S. The van der Waals surface area contributed by atoms with Crippen LogP contribution in [-0.2, 0) is 19.4 Å². The SMILES string of the molecule is O=C(NO)[C@]1(S(=O)(=O)c2ccc(Oc3ccc(F)cc3)cc2)C[C@H]2CC[C@@H](C1)O2. The summed E-state index contributed by atoms with van der Waals surface area (Å²) in [5.41, 5.74) is 1.54. The monoisotopic (exact) mass is 421 g/mol. The van der Waals surface area contributed by atoms with Crippen LogP contribution >= 0.6 is 0 Å². The molecule has 2 N–H and O–H groups in total. The van der Waals surface area contributed by atoms with E-state index in [2.05, 4.69) is 0 Å². The number of carbonyl (C=O) groups is 1. The molecule has 9 heteroatoms. The van der Waals surface area contributed by atoms with E-state index >= 15 is 0 Å². The molecule has 2 saturated heterocycles. The summed E-state index contributed by atoms with van der Waals surface area (Å²) in [6.45, 7) is 0. The van der Waals surface area contributed by atoms with E-state index in [-0.39, 0.29) is 29.9 Å². The minimum atomic E-state index is -4.11. The molecule has 2 aromatic rings. The van der Waals surface area contributed by atoms with E-state index in [0.717, 1.165) is 0 Å². The quantitative estimate of drug-likeness (QED) is 0.569. The minimum absolute atomic E-state index is 0.00788. The van der Waals surface area contributed by atoms with Gasteiger partial charge < -0.3 is 9.47 Å². The second kappa shape index (κ2) is 7.40. The minimum Gasteiger partial charge on any atom is -0.457 e.